The van der Waals surface area contributed by atoms with E-state index in [1.54, 1.807) is 0 Å². The van der Waals surface area contributed by atoms with Crippen LogP contribution in [0.1, 0.15) is 62.6 Å². The molecule has 1 aliphatic heterocycles. The summed E-state index contributed by atoms with van der Waals surface area (Å²) in [6.07, 6.45) is 7.11. The fourth-order valence-corrected chi connectivity index (χ4v) is 5.00. The van der Waals surface area contributed by atoms with Crippen molar-refractivity contribution in [2.24, 2.45) is 5.41 Å². The average Bonchev–Trinajstić information content (AvgIpc) is 3.62. The average molecular weight is 420 g/mol. The van der Waals surface area contributed by atoms with E-state index in [4.69, 9.17) is 4.74 Å². The van der Waals surface area contributed by atoms with E-state index in [1.165, 1.54) is 29.5 Å². The number of ether oxygens (including phenoxy) is 1. The number of nitrogens with zero attached hydrogens (tertiary/aromatic N) is 3. The molecule has 0 radical (unpaired) electrons. The van der Waals surface area contributed by atoms with Gasteiger partial charge in [0.2, 0.25) is 0 Å². The molecule has 0 saturated heterocycles. The molecule has 5 heteroatoms. The van der Waals surface area contributed by atoms with Crippen molar-refractivity contribution < 1.29 is 9.53 Å². The van der Waals surface area contributed by atoms with Crippen LogP contribution in [-0.4, -0.2) is 45.6 Å². The van der Waals surface area contributed by atoms with Gasteiger partial charge in [0.1, 0.15) is 5.60 Å². The molecule has 3 aliphatic rings. The lowest BCUT2D eigenvalue weighted by atomic mass is 10.1. The van der Waals surface area contributed by atoms with Gasteiger partial charge >= 0.3 is 6.09 Å². The van der Waals surface area contributed by atoms with Crippen LogP contribution >= 0.6 is 0 Å². The second kappa shape index (κ2) is 7.63. The number of hydrogen-bond acceptors (Lipinski definition) is 4. The number of carbonyl (C=O) groups excluding carboxylic acids is 1. The first-order valence-electron chi connectivity index (χ1n) is 11.5. The smallest absolute Gasteiger partial charge is 0.410 e. The highest BCUT2D eigenvalue weighted by atomic mass is 16.6. The third-order valence-corrected chi connectivity index (χ3v) is 6.83. The van der Waals surface area contributed by atoms with E-state index in [1.807, 2.05) is 33.2 Å². The predicted octanol–water partition coefficient (Wildman–Crippen LogP) is 4.97. The van der Waals surface area contributed by atoms with Crippen LogP contribution in [0.3, 0.4) is 0 Å². The van der Waals surface area contributed by atoms with Gasteiger partial charge < -0.3 is 9.64 Å². The van der Waals surface area contributed by atoms with E-state index < -0.39 is 5.60 Å². The van der Waals surface area contributed by atoms with Crippen LogP contribution in [0.4, 0.5) is 4.79 Å². The van der Waals surface area contributed by atoms with Gasteiger partial charge in [-0.25, -0.2) is 4.79 Å². The predicted molar refractivity (Wildman–Crippen MR) is 121 cm³/mol. The zero-order valence-corrected chi connectivity index (χ0v) is 18.9. The Morgan fingerprint density at radius 1 is 1.16 bits per heavy atom. The summed E-state index contributed by atoms with van der Waals surface area (Å²) in [5.74, 6) is 0.423. The highest BCUT2D eigenvalue weighted by Gasteiger charge is 2.52. The summed E-state index contributed by atoms with van der Waals surface area (Å²) < 4.78 is 5.84. The highest BCUT2D eigenvalue weighted by molar-refractivity contribution is 5.69. The molecular weight excluding hydrogens is 386 g/mol. The van der Waals surface area contributed by atoms with Crippen molar-refractivity contribution in [3.63, 3.8) is 0 Å². The Kier molecular flexibility index (Phi) is 5.04. The molecule has 1 aromatic heterocycles. The number of aromatic nitrogens is 1. The maximum Gasteiger partial charge on any atom is 0.410 e. The summed E-state index contributed by atoms with van der Waals surface area (Å²) in [5.41, 5.74) is 3.77. The Hall–Kier alpha value is -2.40. The maximum atomic E-state index is 13.2. The SMILES string of the molecule is CC(C)(C)OC(=O)N(CC1(CN2Cc3ccncc3C2)CC1)[C@H]1CC1c1ccccc1. The Bertz CT molecular complexity index is 924. The minimum atomic E-state index is -0.479. The monoisotopic (exact) mass is 419 g/mol. The first-order valence-corrected chi connectivity index (χ1v) is 11.5. The molecule has 0 bridgehead atoms. The lowest BCUT2D eigenvalue weighted by Crippen LogP contribution is -2.44. The fraction of sp³-hybridized carbons (Fsp3) is 0.538. The van der Waals surface area contributed by atoms with Crippen molar-refractivity contribution in [3.05, 3.63) is 65.5 Å². The lowest BCUT2D eigenvalue weighted by Gasteiger charge is -2.32. The van der Waals surface area contributed by atoms with E-state index in [9.17, 15) is 4.79 Å². The summed E-state index contributed by atoms with van der Waals surface area (Å²) in [6.45, 7) is 9.63. The van der Waals surface area contributed by atoms with Crippen molar-refractivity contribution in [2.75, 3.05) is 13.1 Å². The van der Waals surface area contributed by atoms with Crippen molar-refractivity contribution >= 4 is 6.09 Å². The molecule has 2 aromatic rings. The largest absolute Gasteiger partial charge is 0.444 e. The maximum absolute atomic E-state index is 13.2. The first-order chi connectivity index (χ1) is 14.8. The molecule has 1 aromatic carbocycles. The van der Waals surface area contributed by atoms with Crippen LogP contribution in [0, 0.1) is 5.41 Å². The molecule has 0 N–H and O–H groups in total. The summed E-state index contributed by atoms with van der Waals surface area (Å²) in [5, 5.41) is 0. The Morgan fingerprint density at radius 3 is 2.58 bits per heavy atom. The molecule has 2 saturated carbocycles. The zero-order valence-electron chi connectivity index (χ0n) is 18.9. The number of pyridine rings is 1. The summed E-state index contributed by atoms with van der Waals surface area (Å²) in [4.78, 5) is 22.1. The summed E-state index contributed by atoms with van der Waals surface area (Å²) >= 11 is 0. The number of fused-ring (bicyclic) bond motifs is 1. The van der Waals surface area contributed by atoms with E-state index in [-0.39, 0.29) is 17.6 Å². The van der Waals surface area contributed by atoms with Crippen molar-refractivity contribution in [1.82, 2.24) is 14.8 Å². The zero-order chi connectivity index (χ0) is 21.6. The van der Waals surface area contributed by atoms with Crippen LogP contribution in [-0.2, 0) is 17.8 Å². The number of amides is 1. The molecule has 2 atom stereocenters. The molecule has 5 nitrogen and oxygen atoms in total. The van der Waals surface area contributed by atoms with Gasteiger partial charge in [-0.3, -0.25) is 9.88 Å². The molecular formula is C26H33N3O2. The van der Waals surface area contributed by atoms with Crippen molar-refractivity contribution in [1.29, 1.82) is 0 Å². The molecule has 1 amide bonds. The Balaban J connectivity index is 1.29. The van der Waals surface area contributed by atoms with Crippen LogP contribution < -0.4 is 0 Å². The molecule has 1 unspecified atom stereocenters. The van der Waals surface area contributed by atoms with Gasteiger partial charge in [0.05, 0.1) is 0 Å². The van der Waals surface area contributed by atoms with E-state index in [0.717, 1.165) is 32.6 Å². The van der Waals surface area contributed by atoms with Crippen LogP contribution in [0.5, 0.6) is 0 Å². The van der Waals surface area contributed by atoms with E-state index in [0.29, 0.717) is 5.92 Å². The molecule has 2 heterocycles. The van der Waals surface area contributed by atoms with Crippen molar-refractivity contribution in [2.45, 2.75) is 70.7 Å². The van der Waals surface area contributed by atoms with Gasteiger partial charge in [-0.05, 0) is 62.8 Å². The lowest BCUT2D eigenvalue weighted by molar-refractivity contribution is 0.0170. The normalized spacial score (nSPS) is 23.8. The minimum absolute atomic E-state index is 0.156. The minimum Gasteiger partial charge on any atom is -0.444 e. The topological polar surface area (TPSA) is 45.7 Å². The fourth-order valence-electron chi connectivity index (χ4n) is 5.00. The summed E-state index contributed by atoms with van der Waals surface area (Å²) in [6, 6.07) is 13.0. The highest BCUT2D eigenvalue weighted by Crippen LogP contribution is 2.52. The molecule has 0 spiro atoms. The molecule has 2 fully saturated rings. The van der Waals surface area contributed by atoms with Gasteiger partial charge in [-0.1, -0.05) is 30.3 Å². The number of benzene rings is 1. The summed E-state index contributed by atoms with van der Waals surface area (Å²) in [7, 11) is 0. The van der Waals surface area contributed by atoms with Crippen LogP contribution in [0.25, 0.3) is 0 Å². The first kappa shape index (κ1) is 20.5. The van der Waals surface area contributed by atoms with Crippen LogP contribution in [0.15, 0.2) is 48.8 Å². The third kappa shape index (κ3) is 4.62. The molecule has 5 rings (SSSR count). The second-order valence-corrected chi connectivity index (χ2v) is 10.7. The van der Waals surface area contributed by atoms with Gasteiger partial charge in [0.25, 0.3) is 0 Å². The number of hydrogen-bond donors (Lipinski definition) is 0. The standard InChI is InChI=1S/C26H33N3O2/c1-25(2,3)31-24(30)29(23-13-22(23)19-7-5-4-6-8-19)18-26(10-11-26)17-28-15-20-9-12-27-14-21(20)16-28/h4-9,12,14,22-23H,10-11,13,15-18H2,1-3H3/t22?,23-/m0/s1. The second-order valence-electron chi connectivity index (χ2n) is 10.7. The number of carbonyl (C=O) groups is 1. The van der Waals surface area contributed by atoms with E-state index >= 15 is 0 Å². The molecule has 31 heavy (non-hydrogen) atoms. The van der Waals surface area contributed by atoms with Gasteiger partial charge in [-0.2, -0.15) is 0 Å². The molecule has 164 valence electrons. The third-order valence-electron chi connectivity index (χ3n) is 6.83. The van der Waals surface area contributed by atoms with Gasteiger partial charge in [-0.15, -0.1) is 0 Å². The van der Waals surface area contributed by atoms with Crippen LogP contribution in [0.2, 0.25) is 0 Å². The van der Waals surface area contributed by atoms with E-state index in [2.05, 4.69) is 51.2 Å². The molecule has 2 aliphatic carbocycles. The quantitative estimate of drug-likeness (QED) is 0.663. The van der Waals surface area contributed by atoms with Gasteiger partial charge in [0, 0.05) is 55.9 Å². The Morgan fingerprint density at radius 2 is 1.90 bits per heavy atom. The van der Waals surface area contributed by atoms with Gasteiger partial charge in [0.15, 0.2) is 0 Å². The van der Waals surface area contributed by atoms with Crippen molar-refractivity contribution in [3.8, 4) is 0 Å². The number of rotatable bonds is 6. The Labute approximate surface area is 185 Å².